The Morgan fingerprint density at radius 3 is 2.28 bits per heavy atom. The van der Waals surface area contributed by atoms with Gasteiger partial charge in [0.05, 0.1) is 29.2 Å². The molecule has 2 aliphatic heterocycles. The standard InChI is InChI=1S/C36H44N6O5/c1-26(2)47-33-7-5-4-6-32(33)42-34(24-40-18-20-41(21-19-40)35(44)25-46-29-11-9-28(43)10-12-29)37-31-13-8-27(22-30(31)36(42)45)23-39-16-14-38(3)15-17-39/h4-13,22,26,43H,14-21,23-25H2,1-3H3. The van der Waals surface area contributed by atoms with Crippen molar-refractivity contribution in [3.63, 3.8) is 0 Å². The molecule has 6 rings (SSSR count). The monoisotopic (exact) mass is 640 g/mol. The predicted molar refractivity (Wildman–Crippen MR) is 181 cm³/mol. The Bertz CT molecular complexity index is 1740. The maximum atomic E-state index is 14.4. The quantitative estimate of drug-likeness (QED) is 0.280. The Morgan fingerprint density at radius 1 is 0.872 bits per heavy atom. The molecule has 3 heterocycles. The summed E-state index contributed by atoms with van der Waals surface area (Å²) < 4.78 is 13.5. The van der Waals surface area contributed by atoms with Gasteiger partial charge in [-0.2, -0.15) is 0 Å². The third-order valence-electron chi connectivity index (χ3n) is 8.76. The molecule has 11 nitrogen and oxygen atoms in total. The topological polar surface area (TPSA) is 104 Å². The summed E-state index contributed by atoms with van der Waals surface area (Å²) in [7, 11) is 2.15. The van der Waals surface area contributed by atoms with E-state index in [1.54, 1.807) is 21.6 Å². The number of hydrogen-bond donors (Lipinski definition) is 1. The van der Waals surface area contributed by atoms with Gasteiger partial charge in [0.2, 0.25) is 0 Å². The molecule has 1 aromatic heterocycles. The van der Waals surface area contributed by atoms with Crippen molar-refractivity contribution in [3.8, 4) is 22.9 Å². The zero-order chi connectivity index (χ0) is 32.9. The highest BCUT2D eigenvalue weighted by atomic mass is 16.5. The number of likely N-dealkylation sites (N-methyl/N-ethyl adjacent to an activating group) is 1. The van der Waals surface area contributed by atoms with Gasteiger partial charge in [-0.3, -0.25) is 24.0 Å². The van der Waals surface area contributed by atoms with E-state index in [1.165, 1.54) is 12.1 Å². The number of phenolic OH excluding ortho intramolecular Hbond substituents is 1. The summed E-state index contributed by atoms with van der Waals surface area (Å²) in [4.78, 5) is 41.2. The van der Waals surface area contributed by atoms with Gasteiger partial charge < -0.3 is 24.4 Å². The number of piperazine rings is 2. The Kier molecular flexibility index (Phi) is 10.1. The first-order valence-electron chi connectivity index (χ1n) is 16.4. The first kappa shape index (κ1) is 32.5. The van der Waals surface area contributed by atoms with Gasteiger partial charge in [0.15, 0.2) is 6.61 Å². The van der Waals surface area contributed by atoms with Crippen LogP contribution in [0.5, 0.6) is 17.2 Å². The van der Waals surface area contributed by atoms with Crippen LogP contribution in [0.3, 0.4) is 0 Å². The van der Waals surface area contributed by atoms with Crippen LogP contribution in [0.25, 0.3) is 16.6 Å². The van der Waals surface area contributed by atoms with Crippen molar-refractivity contribution >= 4 is 16.8 Å². The predicted octanol–water partition coefficient (Wildman–Crippen LogP) is 3.35. The van der Waals surface area contributed by atoms with Crippen LogP contribution in [0.4, 0.5) is 0 Å². The van der Waals surface area contributed by atoms with Crippen molar-refractivity contribution in [1.82, 2.24) is 29.2 Å². The average molecular weight is 641 g/mol. The van der Waals surface area contributed by atoms with Gasteiger partial charge in [-0.15, -0.1) is 0 Å². The van der Waals surface area contributed by atoms with Crippen molar-refractivity contribution in [3.05, 3.63) is 88.5 Å². The number of carbonyl (C=O) groups excluding carboxylic acids is 1. The molecule has 0 spiro atoms. The highest BCUT2D eigenvalue weighted by molar-refractivity contribution is 5.79. The lowest BCUT2D eigenvalue weighted by atomic mass is 10.1. The molecule has 0 aliphatic carbocycles. The molecule has 47 heavy (non-hydrogen) atoms. The molecule has 248 valence electrons. The van der Waals surface area contributed by atoms with Gasteiger partial charge >= 0.3 is 0 Å². The fraction of sp³-hybridized carbons (Fsp3) is 0.417. The second-order valence-corrected chi connectivity index (χ2v) is 12.7. The largest absolute Gasteiger partial charge is 0.508 e. The summed E-state index contributed by atoms with van der Waals surface area (Å²) in [5.41, 5.74) is 2.32. The maximum absolute atomic E-state index is 14.4. The molecule has 2 aliphatic rings. The number of para-hydroxylation sites is 2. The molecular weight excluding hydrogens is 596 g/mol. The molecule has 1 N–H and O–H groups in total. The van der Waals surface area contributed by atoms with E-state index in [0.717, 1.165) is 38.3 Å². The van der Waals surface area contributed by atoms with Gasteiger partial charge in [0.1, 0.15) is 23.1 Å². The molecule has 0 saturated carbocycles. The van der Waals surface area contributed by atoms with Crippen LogP contribution in [0.2, 0.25) is 0 Å². The van der Waals surface area contributed by atoms with Crippen LogP contribution >= 0.6 is 0 Å². The lowest BCUT2D eigenvalue weighted by Crippen LogP contribution is -2.50. The van der Waals surface area contributed by atoms with Crippen molar-refractivity contribution in [1.29, 1.82) is 0 Å². The third kappa shape index (κ3) is 7.93. The van der Waals surface area contributed by atoms with E-state index in [4.69, 9.17) is 14.5 Å². The zero-order valence-electron chi connectivity index (χ0n) is 27.5. The lowest BCUT2D eigenvalue weighted by Gasteiger charge is -2.34. The average Bonchev–Trinajstić information content (AvgIpc) is 3.06. The second-order valence-electron chi connectivity index (χ2n) is 12.7. The molecule has 0 atom stereocenters. The number of hydrogen-bond acceptors (Lipinski definition) is 9. The summed E-state index contributed by atoms with van der Waals surface area (Å²) in [5.74, 6) is 1.84. The highest BCUT2D eigenvalue weighted by Gasteiger charge is 2.25. The fourth-order valence-electron chi connectivity index (χ4n) is 6.13. The molecule has 2 fully saturated rings. The highest BCUT2D eigenvalue weighted by Crippen LogP contribution is 2.26. The van der Waals surface area contributed by atoms with E-state index in [2.05, 4.69) is 27.8 Å². The summed E-state index contributed by atoms with van der Waals surface area (Å²) in [6.45, 7) is 11.5. The number of aromatic nitrogens is 2. The number of benzene rings is 3. The number of ether oxygens (including phenoxy) is 2. The van der Waals surface area contributed by atoms with E-state index >= 15 is 0 Å². The first-order valence-corrected chi connectivity index (χ1v) is 16.4. The molecule has 11 heteroatoms. The number of rotatable bonds is 10. The van der Waals surface area contributed by atoms with Crippen LogP contribution in [0.1, 0.15) is 25.2 Å². The van der Waals surface area contributed by atoms with Gasteiger partial charge in [0, 0.05) is 58.9 Å². The number of aromatic hydroxyl groups is 1. The van der Waals surface area contributed by atoms with Crippen LogP contribution in [0, 0.1) is 0 Å². The molecule has 4 aromatic rings. The second kappa shape index (κ2) is 14.5. The maximum Gasteiger partial charge on any atom is 0.266 e. The van der Waals surface area contributed by atoms with Crippen molar-refractivity contribution < 1.29 is 19.4 Å². The van der Waals surface area contributed by atoms with Crippen LogP contribution in [0.15, 0.2) is 71.5 Å². The van der Waals surface area contributed by atoms with E-state index in [0.29, 0.717) is 66.6 Å². The molecule has 0 bridgehead atoms. The molecular formula is C36H44N6O5. The minimum Gasteiger partial charge on any atom is -0.508 e. The number of carbonyl (C=O) groups is 1. The summed E-state index contributed by atoms with van der Waals surface area (Å²) in [6, 6.07) is 20.0. The summed E-state index contributed by atoms with van der Waals surface area (Å²) in [5, 5.41) is 10.1. The lowest BCUT2D eigenvalue weighted by molar-refractivity contribution is -0.135. The minimum absolute atomic E-state index is 0.0671. The molecule has 1 amide bonds. The molecule has 0 radical (unpaired) electrons. The van der Waals surface area contributed by atoms with Crippen molar-refractivity contribution in [2.45, 2.75) is 33.0 Å². The smallest absolute Gasteiger partial charge is 0.266 e. The Balaban J connectivity index is 1.23. The van der Waals surface area contributed by atoms with Crippen molar-refractivity contribution in [2.75, 3.05) is 66.0 Å². The number of amides is 1. The number of fused-ring (bicyclic) bond motifs is 1. The van der Waals surface area contributed by atoms with Crippen LogP contribution in [-0.4, -0.2) is 112 Å². The van der Waals surface area contributed by atoms with Crippen LogP contribution in [-0.2, 0) is 17.9 Å². The Labute approximate surface area is 275 Å². The Morgan fingerprint density at radius 2 is 1.55 bits per heavy atom. The zero-order valence-corrected chi connectivity index (χ0v) is 27.5. The summed E-state index contributed by atoms with van der Waals surface area (Å²) in [6.07, 6.45) is -0.0671. The van der Waals surface area contributed by atoms with E-state index in [-0.39, 0.29) is 29.9 Å². The van der Waals surface area contributed by atoms with Gasteiger partial charge in [-0.25, -0.2) is 4.98 Å². The molecule has 0 unspecified atom stereocenters. The number of nitrogens with zero attached hydrogens (tertiary/aromatic N) is 6. The van der Waals surface area contributed by atoms with E-state index < -0.39 is 0 Å². The van der Waals surface area contributed by atoms with E-state index in [9.17, 15) is 14.7 Å². The van der Waals surface area contributed by atoms with Gasteiger partial charge in [-0.1, -0.05) is 18.2 Å². The normalized spacial score (nSPS) is 16.6. The SMILES string of the molecule is CC(C)Oc1ccccc1-n1c(CN2CCN(C(=O)COc3ccc(O)cc3)CC2)nc2ccc(CN3CCN(C)CC3)cc2c1=O. The van der Waals surface area contributed by atoms with Gasteiger partial charge in [0.25, 0.3) is 11.5 Å². The van der Waals surface area contributed by atoms with Crippen molar-refractivity contribution in [2.24, 2.45) is 0 Å². The fourth-order valence-corrected chi connectivity index (χ4v) is 6.13. The van der Waals surface area contributed by atoms with Gasteiger partial charge in [-0.05, 0) is 75.0 Å². The molecule has 3 aromatic carbocycles. The Hall–Kier alpha value is -4.45. The van der Waals surface area contributed by atoms with E-state index in [1.807, 2.05) is 50.2 Å². The summed E-state index contributed by atoms with van der Waals surface area (Å²) >= 11 is 0. The third-order valence-corrected chi connectivity index (χ3v) is 8.76. The van der Waals surface area contributed by atoms with Crippen LogP contribution < -0.4 is 15.0 Å². The first-order chi connectivity index (χ1) is 22.7. The number of phenols is 1. The molecule has 2 saturated heterocycles. The minimum atomic E-state index is -0.120.